The van der Waals surface area contributed by atoms with Gasteiger partial charge in [0.1, 0.15) is 6.67 Å². The van der Waals surface area contributed by atoms with Crippen molar-refractivity contribution in [1.82, 2.24) is 19.6 Å². The van der Waals surface area contributed by atoms with E-state index in [1.54, 1.807) is 47.0 Å². The summed E-state index contributed by atoms with van der Waals surface area (Å²) >= 11 is 0. The molecule has 0 aliphatic rings. The van der Waals surface area contributed by atoms with Crippen LogP contribution < -0.4 is 14.8 Å². The molecular formula is C17H17F2N5O3. The number of amides is 1. The summed E-state index contributed by atoms with van der Waals surface area (Å²) in [6.45, 7) is -0.629. The van der Waals surface area contributed by atoms with E-state index >= 15 is 0 Å². The van der Waals surface area contributed by atoms with Gasteiger partial charge in [-0.1, -0.05) is 0 Å². The number of rotatable bonds is 8. The fraction of sp³-hybridized carbons (Fsp3) is 0.235. The van der Waals surface area contributed by atoms with E-state index < -0.39 is 12.5 Å². The van der Waals surface area contributed by atoms with Gasteiger partial charge in [-0.15, -0.1) is 0 Å². The monoisotopic (exact) mass is 377 g/mol. The first kappa shape index (κ1) is 18.4. The van der Waals surface area contributed by atoms with E-state index in [0.717, 1.165) is 0 Å². The smallest absolute Gasteiger partial charge is 0.387 e. The maximum atomic E-state index is 12.4. The molecule has 0 atom stereocenters. The number of hydrogen-bond donors (Lipinski definition) is 1. The quantitative estimate of drug-likeness (QED) is 0.653. The summed E-state index contributed by atoms with van der Waals surface area (Å²) < 4.78 is 37.8. The second kappa shape index (κ2) is 8.30. The van der Waals surface area contributed by atoms with Crippen molar-refractivity contribution < 1.29 is 23.0 Å². The molecule has 0 fully saturated rings. The predicted octanol–water partition coefficient (Wildman–Crippen LogP) is 2.84. The van der Waals surface area contributed by atoms with Gasteiger partial charge in [0.15, 0.2) is 17.2 Å². The molecule has 0 unspecified atom stereocenters. The summed E-state index contributed by atoms with van der Waals surface area (Å²) in [7, 11) is 0. The molecule has 1 aromatic carbocycles. The van der Waals surface area contributed by atoms with Gasteiger partial charge in [0.05, 0.1) is 6.61 Å². The van der Waals surface area contributed by atoms with Crippen LogP contribution in [0.3, 0.4) is 0 Å². The van der Waals surface area contributed by atoms with Gasteiger partial charge in [0.2, 0.25) is 0 Å². The number of aromatic nitrogens is 4. The van der Waals surface area contributed by atoms with Gasteiger partial charge in [0.25, 0.3) is 5.91 Å². The normalized spacial score (nSPS) is 10.8. The Morgan fingerprint density at radius 1 is 1.22 bits per heavy atom. The molecule has 27 heavy (non-hydrogen) atoms. The Bertz CT molecular complexity index is 896. The largest absolute Gasteiger partial charge is 0.490 e. The first-order valence-electron chi connectivity index (χ1n) is 8.09. The van der Waals surface area contributed by atoms with E-state index in [0.29, 0.717) is 12.4 Å². The van der Waals surface area contributed by atoms with Crippen molar-refractivity contribution in [2.24, 2.45) is 0 Å². The topological polar surface area (TPSA) is 83.2 Å². The molecular weight excluding hydrogens is 360 g/mol. The van der Waals surface area contributed by atoms with Gasteiger partial charge >= 0.3 is 6.61 Å². The Morgan fingerprint density at radius 2 is 2.07 bits per heavy atom. The Hall–Kier alpha value is -3.43. The van der Waals surface area contributed by atoms with Gasteiger partial charge in [-0.25, -0.2) is 0 Å². The minimum atomic E-state index is -2.97. The lowest BCUT2D eigenvalue weighted by Crippen LogP contribution is -2.15. The Morgan fingerprint density at radius 3 is 2.78 bits per heavy atom. The molecule has 0 saturated heterocycles. The maximum Gasteiger partial charge on any atom is 0.387 e. The van der Waals surface area contributed by atoms with Crippen LogP contribution in [-0.2, 0) is 6.67 Å². The highest BCUT2D eigenvalue weighted by Gasteiger charge is 2.14. The molecule has 2 heterocycles. The van der Waals surface area contributed by atoms with Gasteiger partial charge < -0.3 is 14.8 Å². The third-order valence-electron chi connectivity index (χ3n) is 3.44. The Kier molecular flexibility index (Phi) is 5.64. The second-order valence-corrected chi connectivity index (χ2v) is 5.35. The average Bonchev–Trinajstić information content (AvgIpc) is 3.29. The highest BCUT2D eigenvalue weighted by atomic mass is 19.3. The lowest BCUT2D eigenvalue weighted by molar-refractivity contribution is -0.0514. The highest BCUT2D eigenvalue weighted by Crippen LogP contribution is 2.31. The molecule has 3 aromatic rings. The number of benzene rings is 1. The van der Waals surface area contributed by atoms with Crippen LogP contribution in [0.1, 0.15) is 17.4 Å². The van der Waals surface area contributed by atoms with E-state index in [1.165, 1.54) is 18.2 Å². The standard InChI is InChI=1S/C17H17F2N5O3/c1-2-26-15-10-12(4-5-14(15)27-17(18)19)21-16(25)13-6-9-24(22-13)11-23-8-3-7-20-23/h3-10,17H,2,11H2,1H3,(H,21,25). The molecule has 0 aliphatic carbocycles. The number of carbonyl (C=O) groups is 1. The van der Waals surface area contributed by atoms with Crippen molar-refractivity contribution in [2.75, 3.05) is 11.9 Å². The number of hydrogen-bond acceptors (Lipinski definition) is 5. The van der Waals surface area contributed by atoms with Crippen LogP contribution in [0.25, 0.3) is 0 Å². The second-order valence-electron chi connectivity index (χ2n) is 5.35. The SMILES string of the molecule is CCOc1cc(NC(=O)c2ccn(Cn3cccn3)n2)ccc1OC(F)F. The molecule has 0 aliphatic heterocycles. The van der Waals surface area contributed by atoms with Crippen LogP contribution in [0.15, 0.2) is 48.9 Å². The number of anilines is 1. The van der Waals surface area contributed by atoms with Gasteiger partial charge in [-0.05, 0) is 31.2 Å². The first-order valence-corrected chi connectivity index (χ1v) is 8.09. The summed E-state index contributed by atoms with van der Waals surface area (Å²) in [5.74, 6) is -0.438. The van der Waals surface area contributed by atoms with E-state index in [4.69, 9.17) is 4.74 Å². The molecule has 1 N–H and O–H groups in total. The minimum absolute atomic E-state index is 0.103. The lowest BCUT2D eigenvalue weighted by atomic mass is 10.2. The van der Waals surface area contributed by atoms with Gasteiger partial charge in [-0.3, -0.25) is 14.2 Å². The van der Waals surface area contributed by atoms with E-state index in [-0.39, 0.29) is 23.8 Å². The van der Waals surface area contributed by atoms with E-state index in [9.17, 15) is 13.6 Å². The number of ether oxygens (including phenoxy) is 2. The van der Waals surface area contributed by atoms with Crippen molar-refractivity contribution >= 4 is 11.6 Å². The lowest BCUT2D eigenvalue weighted by Gasteiger charge is -2.13. The summed E-state index contributed by atoms with van der Waals surface area (Å²) in [5, 5.41) is 10.9. The van der Waals surface area contributed by atoms with Crippen molar-refractivity contribution in [1.29, 1.82) is 0 Å². The molecule has 10 heteroatoms. The van der Waals surface area contributed by atoms with Crippen LogP contribution >= 0.6 is 0 Å². The number of halogens is 2. The van der Waals surface area contributed by atoms with Crippen molar-refractivity contribution in [3.63, 3.8) is 0 Å². The van der Waals surface area contributed by atoms with Gasteiger partial charge in [0, 0.05) is 30.3 Å². The van der Waals surface area contributed by atoms with Crippen LogP contribution in [0, 0.1) is 0 Å². The molecule has 0 radical (unpaired) electrons. The molecule has 142 valence electrons. The molecule has 8 nitrogen and oxygen atoms in total. The predicted molar refractivity (Wildman–Crippen MR) is 92.0 cm³/mol. The third kappa shape index (κ3) is 4.81. The first-order chi connectivity index (χ1) is 13.0. The van der Waals surface area contributed by atoms with Crippen molar-refractivity contribution in [3.05, 3.63) is 54.6 Å². The Balaban J connectivity index is 1.70. The minimum Gasteiger partial charge on any atom is -0.490 e. The summed E-state index contributed by atoms with van der Waals surface area (Å²) in [4.78, 5) is 12.4. The van der Waals surface area contributed by atoms with Crippen LogP contribution in [0.4, 0.5) is 14.5 Å². The fourth-order valence-electron chi connectivity index (χ4n) is 2.34. The molecule has 2 aromatic heterocycles. The van der Waals surface area contributed by atoms with Crippen LogP contribution in [-0.4, -0.2) is 38.7 Å². The van der Waals surface area contributed by atoms with Crippen LogP contribution in [0.5, 0.6) is 11.5 Å². The van der Waals surface area contributed by atoms with Crippen molar-refractivity contribution in [2.45, 2.75) is 20.2 Å². The van der Waals surface area contributed by atoms with Gasteiger partial charge in [-0.2, -0.15) is 19.0 Å². The van der Waals surface area contributed by atoms with E-state index in [1.807, 2.05) is 0 Å². The molecule has 1 amide bonds. The zero-order valence-electron chi connectivity index (χ0n) is 14.4. The summed E-state index contributed by atoms with van der Waals surface area (Å²) in [6, 6.07) is 7.52. The Labute approximate surface area is 153 Å². The molecule has 3 rings (SSSR count). The number of nitrogens with zero attached hydrogens (tertiary/aromatic N) is 4. The average molecular weight is 377 g/mol. The summed E-state index contributed by atoms with van der Waals surface area (Å²) in [5.41, 5.74) is 0.569. The fourth-order valence-corrected chi connectivity index (χ4v) is 2.34. The molecule has 0 bridgehead atoms. The zero-order chi connectivity index (χ0) is 19.2. The highest BCUT2D eigenvalue weighted by molar-refractivity contribution is 6.02. The number of carbonyl (C=O) groups excluding carboxylic acids is 1. The summed E-state index contributed by atoms with van der Waals surface area (Å²) in [6.07, 6.45) is 5.08. The third-order valence-corrected chi connectivity index (χ3v) is 3.44. The number of nitrogens with one attached hydrogen (secondary N) is 1. The zero-order valence-corrected chi connectivity index (χ0v) is 14.4. The molecule has 0 saturated carbocycles. The molecule has 0 spiro atoms. The number of alkyl halides is 2. The van der Waals surface area contributed by atoms with E-state index in [2.05, 4.69) is 20.3 Å². The van der Waals surface area contributed by atoms with Crippen molar-refractivity contribution in [3.8, 4) is 11.5 Å². The maximum absolute atomic E-state index is 12.4. The van der Waals surface area contributed by atoms with Crippen LogP contribution in [0.2, 0.25) is 0 Å².